The van der Waals surface area contributed by atoms with E-state index in [9.17, 15) is 23.6 Å². The van der Waals surface area contributed by atoms with Crippen molar-refractivity contribution in [3.63, 3.8) is 0 Å². The monoisotopic (exact) mass is 947 g/mol. The molecule has 0 aliphatic carbocycles. The molecule has 0 aliphatic heterocycles. The third-order valence-electron chi connectivity index (χ3n) is 10.7. The lowest BCUT2D eigenvalue weighted by Gasteiger charge is -2.14. The molecule has 6 aromatic carbocycles. The Hall–Kier alpha value is -8.10. The van der Waals surface area contributed by atoms with Crippen molar-refractivity contribution in [1.82, 2.24) is 4.98 Å². The minimum Gasteiger partial charge on any atom is -0.494 e. The summed E-state index contributed by atoms with van der Waals surface area (Å²) in [5.74, 6) is -2.84. The number of nitrogens with zero attached hydrogens (tertiary/aromatic N) is 3. The highest BCUT2D eigenvalue weighted by molar-refractivity contribution is 7.22. The number of benzene rings is 6. The van der Waals surface area contributed by atoms with Crippen molar-refractivity contribution in [2.24, 2.45) is 5.10 Å². The lowest BCUT2D eigenvalue weighted by molar-refractivity contribution is -0.138. The van der Waals surface area contributed by atoms with Gasteiger partial charge in [0.15, 0.2) is 0 Å². The molecule has 0 saturated heterocycles. The van der Waals surface area contributed by atoms with Crippen molar-refractivity contribution in [3.05, 3.63) is 186 Å². The van der Waals surface area contributed by atoms with Gasteiger partial charge < -0.3 is 18.9 Å². The molecule has 0 N–H and O–H groups in total. The molecule has 0 unspecified atom stereocenters. The Morgan fingerprint density at radius 1 is 0.754 bits per heavy atom. The molecule has 14 heteroatoms. The van der Waals surface area contributed by atoms with Gasteiger partial charge in [0.1, 0.15) is 28.9 Å². The summed E-state index contributed by atoms with van der Waals surface area (Å²) in [5.41, 5.74) is 2.71. The standard InChI is InChI=1S/C55H47F2N3O8S/c1-4-50(61)60(55-59-47-12-8-9-13-49(47)69-55)58-35-45-48(68-54(64)42-21-20-41-34-44(27-22-40(41)33-42)65-30-10-6-7-11-31-66-51(62)5-2)28-23-39(53(45)57)24-29-52(63)67-43-25-18-37(19-26-43)16-17-38-15-14-36(3)46(56)32-38/h4-5,8-9,12-23,25-28,32-35H,1-2,6-7,10-11,24,29-31H2,3H3/b17-16+,58-35+. The van der Waals surface area contributed by atoms with Crippen LogP contribution in [0.25, 0.3) is 33.1 Å². The first-order valence-corrected chi connectivity index (χ1v) is 22.9. The molecule has 69 heavy (non-hydrogen) atoms. The number of rotatable bonds is 21. The van der Waals surface area contributed by atoms with Crippen LogP contribution >= 0.6 is 11.3 Å². The first-order valence-electron chi connectivity index (χ1n) is 22.1. The average Bonchev–Trinajstić information content (AvgIpc) is 3.79. The minimum atomic E-state index is -0.836. The van der Waals surface area contributed by atoms with Crippen LogP contribution in [0.3, 0.4) is 0 Å². The number of hydrazone groups is 1. The predicted octanol–water partition coefficient (Wildman–Crippen LogP) is 12.2. The largest absolute Gasteiger partial charge is 0.494 e. The SMILES string of the molecule is C=CC(=O)OCCCCCCOc1ccc2cc(C(=O)Oc3ccc(CCC(=O)Oc4ccc(/C=C/c5ccc(C)c(F)c5)cc4)c(F)c3/C=N/N(C(=O)C=C)c3nc4ccccc4s3)ccc2c1. The van der Waals surface area contributed by atoms with Crippen molar-refractivity contribution in [2.75, 3.05) is 18.2 Å². The molecule has 0 fully saturated rings. The number of esters is 3. The van der Waals surface area contributed by atoms with E-state index in [2.05, 4.69) is 23.2 Å². The van der Waals surface area contributed by atoms with E-state index in [-0.39, 0.29) is 52.0 Å². The number of fused-ring (bicyclic) bond motifs is 2. The van der Waals surface area contributed by atoms with E-state index in [1.807, 2.05) is 42.5 Å². The molecule has 0 atom stereocenters. The van der Waals surface area contributed by atoms with Gasteiger partial charge in [-0.2, -0.15) is 10.1 Å². The Kier molecular flexibility index (Phi) is 16.7. The molecule has 7 aromatic rings. The van der Waals surface area contributed by atoms with Crippen LogP contribution in [-0.2, 0) is 25.5 Å². The number of anilines is 1. The summed E-state index contributed by atoms with van der Waals surface area (Å²) in [4.78, 5) is 55.6. The van der Waals surface area contributed by atoms with Gasteiger partial charge in [-0.05, 0) is 139 Å². The van der Waals surface area contributed by atoms with E-state index >= 15 is 4.39 Å². The van der Waals surface area contributed by atoms with Crippen molar-refractivity contribution >= 4 is 79.6 Å². The molecule has 1 amide bonds. The van der Waals surface area contributed by atoms with E-state index in [0.717, 1.165) is 70.1 Å². The van der Waals surface area contributed by atoms with Gasteiger partial charge in [0.2, 0.25) is 5.13 Å². The van der Waals surface area contributed by atoms with Gasteiger partial charge >= 0.3 is 17.9 Å². The molecule has 0 spiro atoms. The van der Waals surface area contributed by atoms with Crippen LogP contribution in [0, 0.1) is 18.6 Å². The van der Waals surface area contributed by atoms with Gasteiger partial charge in [-0.25, -0.2) is 23.4 Å². The molecule has 1 aromatic heterocycles. The van der Waals surface area contributed by atoms with Crippen LogP contribution in [0.2, 0.25) is 0 Å². The second kappa shape index (κ2) is 23.6. The van der Waals surface area contributed by atoms with Crippen LogP contribution in [0.4, 0.5) is 13.9 Å². The number of aromatic nitrogens is 1. The summed E-state index contributed by atoms with van der Waals surface area (Å²) >= 11 is 1.19. The minimum absolute atomic E-state index is 0.0910. The molecule has 0 saturated carbocycles. The fourth-order valence-electron chi connectivity index (χ4n) is 6.93. The second-order valence-corrected chi connectivity index (χ2v) is 16.7. The third-order valence-corrected chi connectivity index (χ3v) is 11.7. The summed E-state index contributed by atoms with van der Waals surface area (Å²) in [6, 6.07) is 32.3. The maximum absolute atomic E-state index is 16.7. The number of hydrogen-bond donors (Lipinski definition) is 0. The molecule has 0 bridgehead atoms. The summed E-state index contributed by atoms with van der Waals surface area (Å²) in [6.45, 7) is 9.52. The number of para-hydroxylation sites is 1. The van der Waals surface area contributed by atoms with Crippen LogP contribution in [0.5, 0.6) is 17.2 Å². The molecular formula is C55H47F2N3O8S. The molecule has 1 heterocycles. The average molecular weight is 948 g/mol. The molecule has 11 nitrogen and oxygen atoms in total. The van der Waals surface area contributed by atoms with E-state index in [1.54, 1.807) is 73.7 Å². The quantitative estimate of drug-likeness (QED) is 0.0131. The molecule has 0 radical (unpaired) electrons. The fourth-order valence-corrected chi connectivity index (χ4v) is 7.86. The highest BCUT2D eigenvalue weighted by Gasteiger charge is 2.21. The molecular weight excluding hydrogens is 901 g/mol. The van der Waals surface area contributed by atoms with Crippen molar-refractivity contribution in [3.8, 4) is 17.2 Å². The van der Waals surface area contributed by atoms with Crippen LogP contribution in [-0.4, -0.2) is 48.2 Å². The first kappa shape index (κ1) is 48.8. The Labute approximate surface area is 401 Å². The van der Waals surface area contributed by atoms with E-state index in [0.29, 0.717) is 35.6 Å². The Morgan fingerprint density at radius 3 is 2.25 bits per heavy atom. The lowest BCUT2D eigenvalue weighted by atomic mass is 10.0. The van der Waals surface area contributed by atoms with Crippen molar-refractivity contribution in [2.45, 2.75) is 45.4 Å². The van der Waals surface area contributed by atoms with Crippen molar-refractivity contribution in [1.29, 1.82) is 0 Å². The summed E-state index contributed by atoms with van der Waals surface area (Å²) < 4.78 is 53.8. The number of carbonyl (C=O) groups is 4. The van der Waals surface area contributed by atoms with E-state index in [1.165, 1.54) is 29.5 Å². The van der Waals surface area contributed by atoms with Crippen molar-refractivity contribution < 1.29 is 46.9 Å². The molecule has 0 aliphatic rings. The van der Waals surface area contributed by atoms with Gasteiger partial charge in [0.05, 0.1) is 47.2 Å². The Morgan fingerprint density at radius 2 is 1.48 bits per heavy atom. The summed E-state index contributed by atoms with van der Waals surface area (Å²) in [7, 11) is 0. The Balaban J connectivity index is 1.05. The zero-order chi connectivity index (χ0) is 48.7. The second-order valence-electron chi connectivity index (χ2n) is 15.6. The number of halogens is 2. The highest BCUT2D eigenvalue weighted by atomic mass is 32.1. The fraction of sp³-hybridized carbons (Fsp3) is 0.164. The van der Waals surface area contributed by atoms with Crippen LogP contribution in [0.1, 0.15) is 70.3 Å². The highest BCUT2D eigenvalue weighted by Crippen LogP contribution is 2.31. The smallest absolute Gasteiger partial charge is 0.343 e. The van der Waals surface area contributed by atoms with Gasteiger partial charge in [-0.3, -0.25) is 9.59 Å². The summed E-state index contributed by atoms with van der Waals surface area (Å²) in [5, 5.41) is 7.06. The lowest BCUT2D eigenvalue weighted by Crippen LogP contribution is -2.23. The van der Waals surface area contributed by atoms with Gasteiger partial charge in [-0.1, -0.05) is 91.2 Å². The molecule has 350 valence electrons. The number of carbonyl (C=O) groups excluding carboxylic acids is 4. The zero-order valence-corrected chi connectivity index (χ0v) is 38.5. The van der Waals surface area contributed by atoms with E-state index in [4.69, 9.17) is 18.9 Å². The maximum atomic E-state index is 16.7. The van der Waals surface area contributed by atoms with Crippen LogP contribution < -0.4 is 19.2 Å². The maximum Gasteiger partial charge on any atom is 0.343 e. The van der Waals surface area contributed by atoms with E-state index < -0.39 is 29.6 Å². The topological polar surface area (TPSA) is 134 Å². The number of thiazole rings is 1. The van der Waals surface area contributed by atoms with Gasteiger partial charge in [0.25, 0.3) is 5.91 Å². The first-order chi connectivity index (χ1) is 33.5. The zero-order valence-electron chi connectivity index (χ0n) is 37.7. The number of hydrogen-bond acceptors (Lipinski definition) is 11. The van der Waals surface area contributed by atoms with Gasteiger partial charge in [0, 0.05) is 6.08 Å². The number of unbranched alkanes of at least 4 members (excludes halogenated alkanes) is 3. The van der Waals surface area contributed by atoms with Gasteiger partial charge in [-0.15, -0.1) is 0 Å². The third kappa shape index (κ3) is 13.3. The molecule has 7 rings (SSSR count). The normalized spacial score (nSPS) is 11.2. The summed E-state index contributed by atoms with van der Waals surface area (Å²) in [6.07, 6.45) is 9.92. The number of amides is 1. The van der Waals surface area contributed by atoms with Crippen LogP contribution in [0.15, 0.2) is 146 Å². The Bertz CT molecular complexity index is 3060. The number of ether oxygens (including phenoxy) is 4. The predicted molar refractivity (Wildman–Crippen MR) is 266 cm³/mol. The number of aryl methyl sites for hydroxylation is 2.